The average Bonchev–Trinajstić information content (AvgIpc) is 3.28. The molecule has 0 spiro atoms. The van der Waals surface area contributed by atoms with Crippen molar-refractivity contribution in [2.24, 2.45) is 0 Å². The fourth-order valence-electron chi connectivity index (χ4n) is 4.32. The summed E-state index contributed by atoms with van der Waals surface area (Å²) >= 11 is 0. The molecule has 6 heteroatoms. The number of carbonyl (C=O) groups excluding carboxylic acids is 1. The molecule has 4 rings (SSSR count). The molecular weight excluding hydrogens is 414 g/mol. The molecule has 1 amide bonds. The van der Waals surface area contributed by atoms with Crippen molar-refractivity contribution in [2.45, 2.75) is 12.5 Å². The van der Waals surface area contributed by atoms with E-state index in [1.807, 2.05) is 14.1 Å². The van der Waals surface area contributed by atoms with Crippen molar-refractivity contribution in [2.75, 3.05) is 51.2 Å². The first-order valence-electron chi connectivity index (χ1n) is 11.1. The minimum absolute atomic E-state index is 0.0151. The first kappa shape index (κ1) is 22.5. The van der Waals surface area contributed by atoms with Crippen molar-refractivity contribution >= 4 is 17.3 Å². The van der Waals surface area contributed by atoms with E-state index in [0.29, 0.717) is 23.6 Å². The van der Waals surface area contributed by atoms with E-state index in [1.54, 1.807) is 32.4 Å². The lowest BCUT2D eigenvalue weighted by molar-refractivity contribution is 0.0950. The molecule has 3 aromatic carbocycles. The molecule has 1 heterocycles. The Hall–Kier alpha value is -3.67. The molecule has 0 aliphatic carbocycles. The van der Waals surface area contributed by atoms with Gasteiger partial charge in [-0.1, -0.05) is 30.3 Å². The zero-order valence-electron chi connectivity index (χ0n) is 19.7. The second kappa shape index (κ2) is 9.86. The van der Waals surface area contributed by atoms with Gasteiger partial charge in [-0.15, -0.1) is 0 Å². The summed E-state index contributed by atoms with van der Waals surface area (Å²) in [4.78, 5) is 17.6. The van der Waals surface area contributed by atoms with Crippen LogP contribution in [0.5, 0.6) is 11.5 Å². The fraction of sp³-hybridized carbons (Fsp3) is 0.296. The summed E-state index contributed by atoms with van der Waals surface area (Å²) in [6.45, 7) is 1.40. The number of hydrogen-bond donors (Lipinski definition) is 1. The van der Waals surface area contributed by atoms with Crippen molar-refractivity contribution in [3.05, 3.63) is 83.4 Å². The molecule has 1 aliphatic heterocycles. The molecule has 6 nitrogen and oxygen atoms in total. The molecular formula is C27H31N3O3. The quantitative estimate of drug-likeness (QED) is 0.560. The van der Waals surface area contributed by atoms with Gasteiger partial charge in [0.25, 0.3) is 5.91 Å². The minimum atomic E-state index is -0.158. The van der Waals surface area contributed by atoms with E-state index in [9.17, 15) is 4.79 Å². The Morgan fingerprint density at radius 3 is 2.30 bits per heavy atom. The summed E-state index contributed by atoms with van der Waals surface area (Å²) < 4.78 is 10.6. The first-order valence-corrected chi connectivity index (χ1v) is 11.1. The Kier molecular flexibility index (Phi) is 6.73. The number of nitrogens with one attached hydrogen (secondary N) is 1. The van der Waals surface area contributed by atoms with Crippen LogP contribution in [-0.2, 0) is 6.42 Å². The first-order chi connectivity index (χ1) is 16.0. The van der Waals surface area contributed by atoms with Gasteiger partial charge in [0.05, 0.1) is 20.3 Å². The maximum Gasteiger partial charge on any atom is 0.251 e. The monoisotopic (exact) mass is 445 g/mol. The van der Waals surface area contributed by atoms with Crippen LogP contribution < -0.4 is 24.6 Å². The highest BCUT2D eigenvalue weighted by molar-refractivity contribution is 5.95. The SMILES string of the molecule is COc1cc(OC)cc(C(=O)NC[C@@H](c2ccc(N(C)C)cc2)N2CCc3ccccc32)c1. The number of ether oxygens (including phenoxy) is 2. The van der Waals surface area contributed by atoms with E-state index in [1.165, 1.54) is 16.8 Å². The lowest BCUT2D eigenvalue weighted by Gasteiger charge is -2.31. The Morgan fingerprint density at radius 1 is 1.00 bits per heavy atom. The molecule has 0 fully saturated rings. The average molecular weight is 446 g/mol. The molecule has 1 N–H and O–H groups in total. The van der Waals surface area contributed by atoms with Gasteiger partial charge in [-0.2, -0.15) is 0 Å². The van der Waals surface area contributed by atoms with Crippen LogP contribution in [0, 0.1) is 0 Å². The minimum Gasteiger partial charge on any atom is -0.497 e. The highest BCUT2D eigenvalue weighted by Gasteiger charge is 2.27. The predicted molar refractivity (Wildman–Crippen MR) is 133 cm³/mol. The van der Waals surface area contributed by atoms with Crippen LogP contribution in [0.25, 0.3) is 0 Å². The normalized spacial score (nSPS) is 13.3. The predicted octanol–water partition coefficient (Wildman–Crippen LogP) is 4.30. The number of anilines is 2. The second-order valence-corrected chi connectivity index (χ2v) is 8.39. The van der Waals surface area contributed by atoms with E-state index in [4.69, 9.17) is 9.47 Å². The number of carbonyl (C=O) groups is 1. The highest BCUT2D eigenvalue weighted by Crippen LogP contribution is 2.35. The number of para-hydroxylation sites is 1. The van der Waals surface area contributed by atoms with E-state index in [0.717, 1.165) is 18.7 Å². The van der Waals surface area contributed by atoms with Crippen molar-refractivity contribution in [3.63, 3.8) is 0 Å². The lowest BCUT2D eigenvalue weighted by atomic mass is 10.0. The van der Waals surface area contributed by atoms with E-state index in [-0.39, 0.29) is 11.9 Å². The van der Waals surface area contributed by atoms with Gasteiger partial charge >= 0.3 is 0 Å². The summed E-state index contributed by atoms with van der Waals surface area (Å²) in [5.74, 6) is 1.02. The van der Waals surface area contributed by atoms with E-state index < -0.39 is 0 Å². The summed E-state index contributed by atoms with van der Waals surface area (Å²) in [7, 11) is 7.22. The molecule has 1 atom stereocenters. The number of hydrogen-bond acceptors (Lipinski definition) is 5. The van der Waals surface area contributed by atoms with E-state index >= 15 is 0 Å². The third kappa shape index (κ3) is 4.90. The summed E-state index contributed by atoms with van der Waals surface area (Å²) in [5.41, 5.74) is 5.40. The molecule has 33 heavy (non-hydrogen) atoms. The van der Waals surface area contributed by atoms with Crippen LogP contribution in [-0.4, -0.2) is 47.3 Å². The lowest BCUT2D eigenvalue weighted by Crippen LogP contribution is -2.37. The molecule has 172 valence electrons. The van der Waals surface area contributed by atoms with Crippen LogP contribution >= 0.6 is 0 Å². The molecule has 0 radical (unpaired) electrons. The van der Waals surface area contributed by atoms with Crippen LogP contribution in [0.15, 0.2) is 66.7 Å². The van der Waals surface area contributed by atoms with Crippen LogP contribution in [0.1, 0.15) is 27.5 Å². The molecule has 0 bridgehead atoms. The second-order valence-electron chi connectivity index (χ2n) is 8.39. The van der Waals surface area contributed by atoms with Crippen molar-refractivity contribution in [1.29, 1.82) is 0 Å². The number of rotatable bonds is 8. The van der Waals surface area contributed by atoms with Gasteiger partial charge in [0.2, 0.25) is 0 Å². The summed E-state index contributed by atoms with van der Waals surface area (Å²) in [6, 6.07) is 22.3. The summed E-state index contributed by atoms with van der Waals surface area (Å²) in [6.07, 6.45) is 1.00. The highest BCUT2D eigenvalue weighted by atomic mass is 16.5. The maximum atomic E-state index is 13.1. The molecule has 0 aromatic heterocycles. The van der Waals surface area contributed by atoms with Crippen molar-refractivity contribution in [3.8, 4) is 11.5 Å². The van der Waals surface area contributed by atoms with Gasteiger partial charge in [-0.3, -0.25) is 4.79 Å². The third-order valence-corrected chi connectivity index (χ3v) is 6.16. The van der Waals surface area contributed by atoms with Crippen LogP contribution in [0.3, 0.4) is 0 Å². The molecule has 3 aromatic rings. The van der Waals surface area contributed by atoms with Gasteiger partial charge in [-0.05, 0) is 47.9 Å². The van der Waals surface area contributed by atoms with Crippen LogP contribution in [0.2, 0.25) is 0 Å². The molecule has 1 aliphatic rings. The number of fused-ring (bicyclic) bond motifs is 1. The van der Waals surface area contributed by atoms with Gasteiger partial charge in [0.1, 0.15) is 11.5 Å². The maximum absolute atomic E-state index is 13.1. The molecule has 0 saturated carbocycles. The number of nitrogens with zero attached hydrogens (tertiary/aromatic N) is 2. The third-order valence-electron chi connectivity index (χ3n) is 6.16. The zero-order valence-corrected chi connectivity index (χ0v) is 19.7. The Balaban J connectivity index is 1.60. The molecule has 0 saturated heterocycles. The number of amides is 1. The smallest absolute Gasteiger partial charge is 0.251 e. The van der Waals surface area contributed by atoms with Gasteiger partial charge in [0, 0.05) is 50.2 Å². The fourth-order valence-corrected chi connectivity index (χ4v) is 4.32. The number of benzene rings is 3. The molecule has 0 unspecified atom stereocenters. The standard InChI is InChI=1S/C27H31N3O3/c1-29(2)22-11-9-20(10-12-22)26(30-14-13-19-7-5-6-8-25(19)30)18-28-27(31)21-15-23(32-3)17-24(16-21)33-4/h5-12,15-17,26H,13-14,18H2,1-4H3,(H,28,31)/t26-/m0/s1. The largest absolute Gasteiger partial charge is 0.497 e. The van der Waals surface area contributed by atoms with Crippen molar-refractivity contribution in [1.82, 2.24) is 5.32 Å². The van der Waals surface area contributed by atoms with Crippen molar-refractivity contribution < 1.29 is 14.3 Å². The Morgan fingerprint density at radius 2 is 1.67 bits per heavy atom. The topological polar surface area (TPSA) is 54.0 Å². The van der Waals surface area contributed by atoms with Gasteiger partial charge < -0.3 is 24.6 Å². The Labute approximate surface area is 195 Å². The van der Waals surface area contributed by atoms with Gasteiger partial charge in [-0.25, -0.2) is 0 Å². The van der Waals surface area contributed by atoms with Gasteiger partial charge in [0.15, 0.2) is 0 Å². The zero-order chi connectivity index (χ0) is 23.4. The number of methoxy groups -OCH3 is 2. The van der Waals surface area contributed by atoms with Crippen LogP contribution in [0.4, 0.5) is 11.4 Å². The summed E-state index contributed by atoms with van der Waals surface area (Å²) in [5, 5.41) is 3.14. The Bertz CT molecular complexity index is 1090. The van der Waals surface area contributed by atoms with E-state index in [2.05, 4.69) is 63.6 Å².